The van der Waals surface area contributed by atoms with E-state index in [1.807, 2.05) is 0 Å². The summed E-state index contributed by atoms with van der Waals surface area (Å²) < 4.78 is 45.3. The standard InChI is InChI=1S/C19H27FN2O4S/c1-3-22(14-19(23)21-12-11-15-7-5-4-6-8-15)27(24,25)18-13-16(20)9-10-17(18)26-2/h7,9-10,13H,3-6,8,11-12,14H2,1-2H3,(H,21,23). The van der Waals surface area contributed by atoms with Gasteiger partial charge in [-0.2, -0.15) is 4.31 Å². The number of sulfonamides is 1. The molecule has 0 fully saturated rings. The minimum Gasteiger partial charge on any atom is -0.495 e. The van der Waals surface area contributed by atoms with Crippen LogP contribution in [-0.4, -0.2) is 45.4 Å². The topological polar surface area (TPSA) is 75.7 Å². The predicted molar refractivity (Wildman–Crippen MR) is 102 cm³/mol. The molecule has 0 spiro atoms. The third-order valence-corrected chi connectivity index (χ3v) is 6.51. The fourth-order valence-corrected chi connectivity index (χ4v) is 4.64. The van der Waals surface area contributed by atoms with E-state index in [4.69, 9.17) is 4.74 Å². The second-order valence-electron chi connectivity index (χ2n) is 6.43. The maximum absolute atomic E-state index is 13.6. The molecule has 1 N–H and O–H groups in total. The van der Waals surface area contributed by atoms with Gasteiger partial charge in [0.05, 0.1) is 13.7 Å². The summed E-state index contributed by atoms with van der Waals surface area (Å²) in [6, 6.07) is 3.29. The van der Waals surface area contributed by atoms with Crippen molar-refractivity contribution in [2.24, 2.45) is 0 Å². The van der Waals surface area contributed by atoms with Crippen molar-refractivity contribution >= 4 is 15.9 Å². The Morgan fingerprint density at radius 1 is 1.33 bits per heavy atom. The summed E-state index contributed by atoms with van der Waals surface area (Å²) in [7, 11) is -2.75. The van der Waals surface area contributed by atoms with Crippen molar-refractivity contribution < 1.29 is 22.3 Å². The minimum atomic E-state index is -4.06. The normalized spacial score (nSPS) is 14.7. The number of methoxy groups -OCH3 is 1. The van der Waals surface area contributed by atoms with E-state index in [2.05, 4.69) is 11.4 Å². The Labute approximate surface area is 160 Å². The van der Waals surface area contributed by atoms with Crippen molar-refractivity contribution in [2.75, 3.05) is 26.7 Å². The number of amides is 1. The second kappa shape index (κ2) is 9.85. The number of rotatable bonds is 9. The highest BCUT2D eigenvalue weighted by molar-refractivity contribution is 7.89. The molecule has 0 aliphatic heterocycles. The maximum atomic E-state index is 13.6. The number of ether oxygens (including phenoxy) is 1. The highest BCUT2D eigenvalue weighted by Crippen LogP contribution is 2.27. The van der Waals surface area contributed by atoms with Crippen LogP contribution in [0.15, 0.2) is 34.7 Å². The van der Waals surface area contributed by atoms with Gasteiger partial charge in [-0.15, -0.1) is 0 Å². The summed E-state index contributed by atoms with van der Waals surface area (Å²) in [5.74, 6) is -1.03. The van der Waals surface area contributed by atoms with E-state index >= 15 is 0 Å². The Hall–Kier alpha value is -1.93. The Morgan fingerprint density at radius 3 is 2.74 bits per heavy atom. The molecule has 150 valence electrons. The average molecular weight is 399 g/mol. The smallest absolute Gasteiger partial charge is 0.247 e. The molecule has 0 aromatic heterocycles. The summed E-state index contributed by atoms with van der Waals surface area (Å²) in [5.41, 5.74) is 1.34. The quantitative estimate of drug-likeness (QED) is 0.649. The van der Waals surface area contributed by atoms with Crippen molar-refractivity contribution in [3.05, 3.63) is 35.7 Å². The molecular formula is C19H27FN2O4S. The van der Waals surface area contributed by atoms with Gasteiger partial charge < -0.3 is 10.1 Å². The lowest BCUT2D eigenvalue weighted by Crippen LogP contribution is -2.41. The number of hydrogen-bond donors (Lipinski definition) is 1. The first-order valence-corrected chi connectivity index (χ1v) is 10.6. The average Bonchev–Trinajstić information content (AvgIpc) is 2.66. The molecule has 0 unspecified atom stereocenters. The molecule has 1 aromatic rings. The molecule has 6 nitrogen and oxygen atoms in total. The molecule has 1 aliphatic carbocycles. The Morgan fingerprint density at radius 2 is 2.11 bits per heavy atom. The van der Waals surface area contributed by atoms with Crippen molar-refractivity contribution in [3.63, 3.8) is 0 Å². The van der Waals surface area contributed by atoms with Crippen molar-refractivity contribution in [1.29, 1.82) is 0 Å². The lowest BCUT2D eigenvalue weighted by Gasteiger charge is -2.21. The van der Waals surface area contributed by atoms with Gasteiger partial charge >= 0.3 is 0 Å². The molecule has 0 atom stereocenters. The van der Waals surface area contributed by atoms with Crippen LogP contribution in [-0.2, 0) is 14.8 Å². The van der Waals surface area contributed by atoms with Crippen LogP contribution in [0.4, 0.5) is 4.39 Å². The Bertz CT molecular complexity index is 793. The molecule has 8 heteroatoms. The minimum absolute atomic E-state index is 0.0412. The number of benzene rings is 1. The summed E-state index contributed by atoms with van der Waals surface area (Å²) in [6.07, 6.45) is 7.53. The summed E-state index contributed by atoms with van der Waals surface area (Å²) in [5, 5.41) is 2.77. The SMILES string of the molecule is CCN(CC(=O)NCCC1=CCCCC1)S(=O)(=O)c1cc(F)ccc1OC. The number of halogens is 1. The highest BCUT2D eigenvalue weighted by Gasteiger charge is 2.28. The molecule has 2 rings (SSSR count). The third kappa shape index (κ3) is 5.77. The van der Waals surface area contributed by atoms with Gasteiger partial charge in [-0.25, -0.2) is 12.8 Å². The molecule has 0 heterocycles. The molecule has 1 amide bonds. The van der Waals surface area contributed by atoms with Gasteiger partial charge in [-0.1, -0.05) is 18.6 Å². The van der Waals surface area contributed by atoms with Crippen LogP contribution in [0.25, 0.3) is 0 Å². The fraction of sp³-hybridized carbons (Fsp3) is 0.526. The van der Waals surface area contributed by atoms with E-state index in [9.17, 15) is 17.6 Å². The number of carbonyl (C=O) groups is 1. The summed E-state index contributed by atoms with van der Waals surface area (Å²) >= 11 is 0. The van der Waals surface area contributed by atoms with Gasteiger partial charge in [0.2, 0.25) is 15.9 Å². The largest absolute Gasteiger partial charge is 0.495 e. The van der Waals surface area contributed by atoms with E-state index < -0.39 is 15.8 Å². The lowest BCUT2D eigenvalue weighted by molar-refractivity contribution is -0.121. The molecule has 0 saturated carbocycles. The first kappa shape index (κ1) is 21.4. The zero-order chi connectivity index (χ0) is 19.9. The van der Waals surface area contributed by atoms with Gasteiger partial charge in [0.15, 0.2) is 0 Å². The summed E-state index contributed by atoms with van der Waals surface area (Å²) in [6.45, 7) is 1.87. The van der Waals surface area contributed by atoms with Gasteiger partial charge in [0.25, 0.3) is 0 Å². The first-order chi connectivity index (χ1) is 12.9. The maximum Gasteiger partial charge on any atom is 0.247 e. The number of likely N-dealkylation sites (N-methyl/N-ethyl adjacent to an activating group) is 1. The number of hydrogen-bond acceptors (Lipinski definition) is 4. The second-order valence-corrected chi connectivity index (χ2v) is 8.34. The fourth-order valence-electron chi connectivity index (χ4n) is 3.07. The van der Waals surface area contributed by atoms with Gasteiger partial charge in [-0.3, -0.25) is 4.79 Å². The number of allylic oxidation sites excluding steroid dienone is 1. The number of carbonyl (C=O) groups excluding carboxylic acids is 1. The van der Waals surface area contributed by atoms with Crippen molar-refractivity contribution in [2.45, 2.75) is 43.9 Å². The number of nitrogens with one attached hydrogen (secondary N) is 1. The van der Waals surface area contributed by atoms with E-state index in [0.29, 0.717) is 6.54 Å². The molecular weight excluding hydrogens is 371 g/mol. The molecule has 27 heavy (non-hydrogen) atoms. The van der Waals surface area contributed by atoms with Crippen LogP contribution in [0, 0.1) is 5.82 Å². The molecule has 1 aliphatic rings. The van der Waals surface area contributed by atoms with Gasteiger partial charge in [0, 0.05) is 13.1 Å². The molecule has 1 aromatic carbocycles. The van der Waals surface area contributed by atoms with Crippen LogP contribution in [0.5, 0.6) is 5.75 Å². The van der Waals surface area contributed by atoms with E-state index in [1.165, 1.54) is 31.6 Å². The third-order valence-electron chi connectivity index (χ3n) is 4.57. The van der Waals surface area contributed by atoms with Crippen LogP contribution in [0.2, 0.25) is 0 Å². The van der Waals surface area contributed by atoms with E-state index in [1.54, 1.807) is 6.92 Å². The highest BCUT2D eigenvalue weighted by atomic mass is 32.2. The van der Waals surface area contributed by atoms with Crippen molar-refractivity contribution in [1.82, 2.24) is 9.62 Å². The van der Waals surface area contributed by atoms with E-state index in [-0.39, 0.29) is 29.6 Å². The molecule has 0 bridgehead atoms. The van der Waals surface area contributed by atoms with Crippen LogP contribution in [0.3, 0.4) is 0 Å². The van der Waals surface area contributed by atoms with Crippen LogP contribution < -0.4 is 10.1 Å². The monoisotopic (exact) mass is 398 g/mol. The Balaban J connectivity index is 2.01. The zero-order valence-corrected chi connectivity index (χ0v) is 16.6. The summed E-state index contributed by atoms with van der Waals surface area (Å²) in [4.78, 5) is 11.9. The Kier molecular flexibility index (Phi) is 7.79. The van der Waals surface area contributed by atoms with E-state index in [0.717, 1.165) is 35.7 Å². The van der Waals surface area contributed by atoms with Gasteiger partial charge in [0.1, 0.15) is 16.5 Å². The van der Waals surface area contributed by atoms with Crippen LogP contribution >= 0.6 is 0 Å². The van der Waals surface area contributed by atoms with Crippen molar-refractivity contribution in [3.8, 4) is 5.75 Å². The zero-order valence-electron chi connectivity index (χ0n) is 15.8. The first-order valence-electron chi connectivity index (χ1n) is 9.16. The predicted octanol–water partition coefficient (Wildman–Crippen LogP) is 2.85. The van der Waals surface area contributed by atoms with Crippen LogP contribution in [0.1, 0.15) is 39.0 Å². The number of nitrogens with zero attached hydrogens (tertiary/aromatic N) is 1. The van der Waals surface area contributed by atoms with Gasteiger partial charge in [-0.05, 0) is 50.3 Å². The molecule has 0 saturated heterocycles. The lowest BCUT2D eigenvalue weighted by atomic mass is 9.97. The molecule has 0 radical (unpaired) electrons.